The van der Waals surface area contributed by atoms with E-state index in [0.29, 0.717) is 23.6 Å². The predicted octanol–water partition coefficient (Wildman–Crippen LogP) is 4.97. The van der Waals surface area contributed by atoms with Gasteiger partial charge in [0.2, 0.25) is 11.8 Å². The number of halogens is 2. The lowest BCUT2D eigenvalue weighted by atomic mass is 10.0. The normalized spacial score (nSPS) is 14.7. The Morgan fingerprint density at radius 1 is 0.960 bits per heavy atom. The zero-order chi connectivity index (χ0) is 18.2. The van der Waals surface area contributed by atoms with Crippen molar-refractivity contribution >= 4 is 46.4 Å². The largest absolute Gasteiger partial charge is 0.325 e. The molecule has 0 aliphatic heterocycles. The van der Waals surface area contributed by atoms with Crippen LogP contribution in [0.2, 0.25) is 10.0 Å². The number of carbonyl (C=O) groups excluding carboxylic acids is 2. The minimum absolute atomic E-state index is 0.267. The maximum atomic E-state index is 12.7. The van der Waals surface area contributed by atoms with Crippen LogP contribution in [0.25, 0.3) is 0 Å². The lowest BCUT2D eigenvalue weighted by Gasteiger charge is -2.17. The van der Waals surface area contributed by atoms with Crippen molar-refractivity contribution in [2.75, 3.05) is 10.6 Å². The molecule has 25 heavy (non-hydrogen) atoms. The number of rotatable bonds is 4. The number of aryl methyl sites for hydroxylation is 2. The highest BCUT2D eigenvalue weighted by molar-refractivity contribution is 6.44. The molecule has 130 valence electrons. The van der Waals surface area contributed by atoms with Gasteiger partial charge in [-0.2, -0.15) is 0 Å². The van der Waals surface area contributed by atoms with Gasteiger partial charge in [0.05, 0.1) is 15.7 Å². The molecule has 4 nitrogen and oxygen atoms in total. The molecule has 0 aromatic heterocycles. The first-order valence-electron chi connectivity index (χ1n) is 7.98. The van der Waals surface area contributed by atoms with Crippen molar-refractivity contribution in [2.24, 2.45) is 5.41 Å². The molecule has 2 aromatic carbocycles. The molecule has 1 aliphatic carbocycles. The summed E-state index contributed by atoms with van der Waals surface area (Å²) in [5, 5.41) is 6.24. The van der Waals surface area contributed by atoms with Crippen molar-refractivity contribution in [3.05, 3.63) is 57.6 Å². The fraction of sp³-hybridized carbons (Fsp3) is 0.263. The van der Waals surface area contributed by atoms with Gasteiger partial charge in [0.15, 0.2) is 0 Å². The average molecular weight is 377 g/mol. The van der Waals surface area contributed by atoms with Gasteiger partial charge in [0, 0.05) is 5.69 Å². The van der Waals surface area contributed by atoms with Crippen LogP contribution < -0.4 is 10.6 Å². The van der Waals surface area contributed by atoms with Crippen LogP contribution in [-0.2, 0) is 9.59 Å². The third-order valence-corrected chi connectivity index (χ3v) is 5.28. The number of carbonyl (C=O) groups is 2. The van der Waals surface area contributed by atoms with E-state index in [1.807, 2.05) is 32.0 Å². The maximum absolute atomic E-state index is 12.7. The van der Waals surface area contributed by atoms with Gasteiger partial charge in [0.1, 0.15) is 5.41 Å². The Balaban J connectivity index is 1.77. The maximum Gasteiger partial charge on any atom is 0.240 e. The van der Waals surface area contributed by atoms with Gasteiger partial charge in [0.25, 0.3) is 0 Å². The van der Waals surface area contributed by atoms with Crippen LogP contribution in [0, 0.1) is 19.3 Å². The molecule has 2 aromatic rings. The van der Waals surface area contributed by atoms with E-state index in [9.17, 15) is 9.59 Å². The number of anilines is 2. The van der Waals surface area contributed by atoms with Gasteiger partial charge in [-0.05, 0) is 56.0 Å². The van der Waals surface area contributed by atoms with Crippen molar-refractivity contribution in [3.63, 3.8) is 0 Å². The van der Waals surface area contributed by atoms with Gasteiger partial charge >= 0.3 is 0 Å². The first-order valence-corrected chi connectivity index (χ1v) is 8.73. The SMILES string of the molecule is Cc1ccc(C)c(NC(=O)C2(C(=O)Nc3cccc(Cl)c3Cl)CC2)c1. The Bertz CT molecular complexity index is 842. The number of hydrogen-bond donors (Lipinski definition) is 2. The van der Waals surface area contributed by atoms with Crippen molar-refractivity contribution in [2.45, 2.75) is 26.7 Å². The Morgan fingerprint density at radius 2 is 1.60 bits per heavy atom. The van der Waals surface area contributed by atoms with Gasteiger partial charge in [-0.3, -0.25) is 9.59 Å². The molecule has 0 bridgehead atoms. The summed E-state index contributed by atoms with van der Waals surface area (Å²) in [5.41, 5.74) is 2.07. The van der Waals surface area contributed by atoms with E-state index in [4.69, 9.17) is 23.2 Å². The van der Waals surface area contributed by atoms with Gasteiger partial charge in [-0.1, -0.05) is 41.4 Å². The minimum atomic E-state index is -1.05. The number of amides is 2. The zero-order valence-electron chi connectivity index (χ0n) is 14.0. The lowest BCUT2D eigenvalue weighted by molar-refractivity contribution is -0.131. The highest BCUT2D eigenvalue weighted by atomic mass is 35.5. The van der Waals surface area contributed by atoms with E-state index in [0.717, 1.165) is 16.8 Å². The van der Waals surface area contributed by atoms with Crippen LogP contribution in [0.15, 0.2) is 36.4 Å². The van der Waals surface area contributed by atoms with Gasteiger partial charge < -0.3 is 10.6 Å². The topological polar surface area (TPSA) is 58.2 Å². The van der Waals surface area contributed by atoms with Crippen molar-refractivity contribution in [1.82, 2.24) is 0 Å². The van der Waals surface area contributed by atoms with Crippen molar-refractivity contribution in [3.8, 4) is 0 Å². The molecule has 0 spiro atoms. The molecule has 0 radical (unpaired) electrons. The van der Waals surface area contributed by atoms with E-state index in [2.05, 4.69) is 10.6 Å². The molecular weight excluding hydrogens is 359 g/mol. The minimum Gasteiger partial charge on any atom is -0.325 e. The second-order valence-electron chi connectivity index (χ2n) is 6.41. The lowest BCUT2D eigenvalue weighted by Crippen LogP contribution is -2.35. The number of hydrogen-bond acceptors (Lipinski definition) is 2. The Hall–Kier alpha value is -2.04. The number of benzene rings is 2. The third-order valence-electron chi connectivity index (χ3n) is 4.46. The standard InChI is InChI=1S/C19H18Cl2N2O2/c1-11-6-7-12(2)15(10-11)23-18(25)19(8-9-19)17(24)22-14-5-3-4-13(20)16(14)21/h3-7,10H,8-9H2,1-2H3,(H,22,24)(H,23,25). The van der Waals surface area contributed by atoms with E-state index in [1.165, 1.54) is 0 Å². The van der Waals surface area contributed by atoms with Crippen LogP contribution in [0.1, 0.15) is 24.0 Å². The van der Waals surface area contributed by atoms with Crippen LogP contribution in [0.4, 0.5) is 11.4 Å². The fourth-order valence-corrected chi connectivity index (χ4v) is 2.98. The highest BCUT2D eigenvalue weighted by Gasteiger charge is 2.56. The molecular formula is C19H18Cl2N2O2. The molecule has 2 amide bonds. The van der Waals surface area contributed by atoms with Crippen LogP contribution in [0.3, 0.4) is 0 Å². The summed E-state index contributed by atoms with van der Waals surface area (Å²) in [6.07, 6.45) is 1.02. The Kier molecular flexibility index (Phi) is 4.76. The summed E-state index contributed by atoms with van der Waals surface area (Å²) in [6.45, 7) is 3.87. The molecule has 1 aliphatic rings. The second kappa shape index (κ2) is 6.70. The molecule has 0 unspecified atom stereocenters. The van der Waals surface area contributed by atoms with Crippen LogP contribution >= 0.6 is 23.2 Å². The van der Waals surface area contributed by atoms with E-state index >= 15 is 0 Å². The summed E-state index contributed by atoms with van der Waals surface area (Å²) >= 11 is 12.1. The summed E-state index contributed by atoms with van der Waals surface area (Å²) in [7, 11) is 0. The summed E-state index contributed by atoms with van der Waals surface area (Å²) in [4.78, 5) is 25.4. The van der Waals surface area contributed by atoms with Gasteiger partial charge in [-0.15, -0.1) is 0 Å². The van der Waals surface area contributed by atoms with Gasteiger partial charge in [-0.25, -0.2) is 0 Å². The van der Waals surface area contributed by atoms with Crippen LogP contribution in [0.5, 0.6) is 0 Å². The first-order chi connectivity index (χ1) is 11.8. The fourth-order valence-electron chi connectivity index (χ4n) is 2.64. The summed E-state index contributed by atoms with van der Waals surface area (Å²) in [6, 6.07) is 10.8. The number of nitrogens with one attached hydrogen (secondary N) is 2. The van der Waals surface area contributed by atoms with Crippen LogP contribution in [-0.4, -0.2) is 11.8 Å². The molecule has 0 heterocycles. The molecule has 3 rings (SSSR count). The van der Waals surface area contributed by atoms with Crippen molar-refractivity contribution in [1.29, 1.82) is 0 Å². The highest BCUT2D eigenvalue weighted by Crippen LogP contribution is 2.48. The predicted molar refractivity (Wildman–Crippen MR) is 101 cm³/mol. The smallest absolute Gasteiger partial charge is 0.240 e. The van der Waals surface area contributed by atoms with Crippen molar-refractivity contribution < 1.29 is 9.59 Å². The zero-order valence-corrected chi connectivity index (χ0v) is 15.5. The Labute approximate surface area is 156 Å². The third kappa shape index (κ3) is 3.51. The molecule has 0 atom stereocenters. The monoisotopic (exact) mass is 376 g/mol. The molecule has 2 N–H and O–H groups in total. The quantitative estimate of drug-likeness (QED) is 0.740. The van der Waals surface area contributed by atoms with E-state index < -0.39 is 5.41 Å². The molecule has 6 heteroatoms. The second-order valence-corrected chi connectivity index (χ2v) is 7.20. The molecule has 1 saturated carbocycles. The Morgan fingerprint density at radius 3 is 2.24 bits per heavy atom. The molecule has 1 fully saturated rings. The summed E-state index contributed by atoms with van der Waals surface area (Å²) in [5.74, 6) is -0.656. The molecule has 0 saturated heterocycles. The summed E-state index contributed by atoms with van der Waals surface area (Å²) < 4.78 is 0. The first kappa shape index (κ1) is 17.8. The van der Waals surface area contributed by atoms with E-state index in [-0.39, 0.29) is 16.8 Å². The average Bonchev–Trinajstić information content (AvgIpc) is 3.37. The van der Waals surface area contributed by atoms with E-state index in [1.54, 1.807) is 18.2 Å².